The van der Waals surface area contributed by atoms with Gasteiger partial charge in [0.25, 0.3) is 0 Å². The van der Waals surface area contributed by atoms with E-state index in [2.05, 4.69) is 20.0 Å². The van der Waals surface area contributed by atoms with Gasteiger partial charge >= 0.3 is 11.9 Å². The largest absolute Gasteiger partial charge is 0.496 e. The number of anilines is 3. The Bertz CT molecular complexity index is 1680. The summed E-state index contributed by atoms with van der Waals surface area (Å²) in [6.07, 6.45) is 0.196. The molecule has 11 heteroatoms. The maximum absolute atomic E-state index is 14.7. The van der Waals surface area contributed by atoms with Crippen LogP contribution in [0, 0.1) is 6.92 Å². The summed E-state index contributed by atoms with van der Waals surface area (Å²) in [4.78, 5) is 37.1. The lowest BCUT2D eigenvalue weighted by Crippen LogP contribution is -2.28. The molecule has 0 saturated heterocycles. The highest BCUT2D eigenvalue weighted by molar-refractivity contribution is 5.92. The number of halogens is 2. The number of aryl methyl sites for hydroxylation is 1. The van der Waals surface area contributed by atoms with E-state index in [0.717, 1.165) is 22.3 Å². The van der Waals surface area contributed by atoms with Crippen molar-refractivity contribution >= 4 is 40.0 Å². The van der Waals surface area contributed by atoms with Crippen molar-refractivity contribution < 1.29 is 27.8 Å². The van der Waals surface area contributed by atoms with Gasteiger partial charge in [0.05, 0.1) is 25.7 Å². The van der Waals surface area contributed by atoms with Crippen LogP contribution in [0.2, 0.25) is 0 Å². The molecule has 0 aliphatic carbocycles. The molecule has 0 saturated carbocycles. The molecular weight excluding hydrogens is 568 g/mol. The molecule has 0 aliphatic heterocycles. The van der Waals surface area contributed by atoms with Crippen LogP contribution >= 0.6 is 0 Å². The van der Waals surface area contributed by atoms with Crippen molar-refractivity contribution in [2.75, 3.05) is 45.1 Å². The molecule has 0 fully saturated rings. The van der Waals surface area contributed by atoms with Crippen molar-refractivity contribution in [1.29, 1.82) is 0 Å². The molecule has 0 aliphatic rings. The van der Waals surface area contributed by atoms with Gasteiger partial charge in [-0.3, -0.25) is 4.79 Å². The standard InChI is InChI=1S/C33H37F2N5O4/c1-8-44-32(42)33(34,35)24-11-9-10-22(16-24)20(2)36-31-27-19-26(12-14-28(27)37-21(3)38-31)40(6)25-13-15-29(43-7)23(17-25)18-30(41)39(4)5/h9-17,19-20H,8,18H2,1-7H3,(H,36,37,38)/t20-/m1/s1. The number of fused-ring (bicyclic) bond motifs is 1. The third kappa shape index (κ3) is 6.88. The van der Waals surface area contributed by atoms with Gasteiger partial charge in [-0.05, 0) is 68.8 Å². The van der Waals surface area contributed by atoms with E-state index in [9.17, 15) is 18.4 Å². The molecule has 232 valence electrons. The summed E-state index contributed by atoms with van der Waals surface area (Å²) in [6.45, 7) is 4.95. The first-order valence-corrected chi connectivity index (χ1v) is 14.2. The number of carbonyl (C=O) groups is 2. The van der Waals surface area contributed by atoms with E-state index >= 15 is 0 Å². The van der Waals surface area contributed by atoms with Crippen LogP contribution in [0.15, 0.2) is 60.7 Å². The number of aromatic nitrogens is 2. The lowest BCUT2D eigenvalue weighted by molar-refractivity contribution is -0.173. The molecule has 3 aromatic carbocycles. The van der Waals surface area contributed by atoms with Gasteiger partial charge in [-0.15, -0.1) is 0 Å². The Labute approximate surface area is 255 Å². The zero-order chi connectivity index (χ0) is 32.2. The number of benzene rings is 3. The van der Waals surface area contributed by atoms with E-state index in [4.69, 9.17) is 4.74 Å². The lowest BCUT2D eigenvalue weighted by Gasteiger charge is -2.23. The molecule has 1 aromatic heterocycles. The molecule has 4 rings (SSSR count). The topological polar surface area (TPSA) is 96.9 Å². The number of amides is 1. The maximum Gasteiger partial charge on any atom is 0.381 e. The Morgan fingerprint density at radius 3 is 2.39 bits per heavy atom. The number of nitrogens with one attached hydrogen (secondary N) is 1. The molecule has 0 radical (unpaired) electrons. The number of nitrogens with zero attached hydrogens (tertiary/aromatic N) is 4. The van der Waals surface area contributed by atoms with E-state index in [1.807, 2.05) is 55.3 Å². The smallest absolute Gasteiger partial charge is 0.381 e. The Hall–Kier alpha value is -4.80. The molecule has 1 heterocycles. The molecule has 1 amide bonds. The first-order chi connectivity index (χ1) is 20.8. The molecule has 1 N–H and O–H groups in total. The third-order valence-electron chi connectivity index (χ3n) is 7.30. The fraction of sp³-hybridized carbons (Fsp3) is 0.333. The Morgan fingerprint density at radius 1 is 1.00 bits per heavy atom. The van der Waals surface area contributed by atoms with E-state index < -0.39 is 23.5 Å². The number of rotatable bonds is 11. The molecular formula is C33H37F2N5O4. The van der Waals surface area contributed by atoms with E-state index in [1.54, 1.807) is 39.1 Å². The highest BCUT2D eigenvalue weighted by Gasteiger charge is 2.42. The van der Waals surface area contributed by atoms with Gasteiger partial charge in [-0.25, -0.2) is 14.8 Å². The van der Waals surface area contributed by atoms with Gasteiger partial charge in [0.2, 0.25) is 5.91 Å². The van der Waals surface area contributed by atoms with Gasteiger partial charge in [0, 0.05) is 55.1 Å². The van der Waals surface area contributed by atoms with E-state index in [-0.39, 0.29) is 18.9 Å². The minimum Gasteiger partial charge on any atom is -0.496 e. The molecule has 0 spiro atoms. The van der Waals surface area contributed by atoms with Crippen LogP contribution in [0.1, 0.15) is 42.4 Å². The second kappa shape index (κ2) is 13.2. The predicted octanol–water partition coefficient (Wildman–Crippen LogP) is 6.17. The highest BCUT2D eigenvalue weighted by Crippen LogP contribution is 2.35. The summed E-state index contributed by atoms with van der Waals surface area (Å²) in [5, 5.41) is 4.08. The second-order valence-corrected chi connectivity index (χ2v) is 10.6. The van der Waals surface area contributed by atoms with Gasteiger partial charge in [0.15, 0.2) is 0 Å². The Morgan fingerprint density at radius 2 is 1.70 bits per heavy atom. The zero-order valence-corrected chi connectivity index (χ0v) is 25.9. The summed E-state index contributed by atoms with van der Waals surface area (Å²) in [5.74, 6) is -3.69. The average molecular weight is 606 g/mol. The zero-order valence-electron chi connectivity index (χ0n) is 25.9. The predicted molar refractivity (Wildman–Crippen MR) is 167 cm³/mol. The average Bonchev–Trinajstić information content (AvgIpc) is 3.00. The minimum atomic E-state index is -3.77. The molecule has 9 nitrogen and oxygen atoms in total. The fourth-order valence-electron chi connectivity index (χ4n) is 4.76. The van der Waals surface area contributed by atoms with E-state index in [1.165, 1.54) is 25.1 Å². The lowest BCUT2D eigenvalue weighted by atomic mass is 10.0. The normalized spacial score (nSPS) is 12.0. The number of hydrogen-bond acceptors (Lipinski definition) is 8. The first kappa shape index (κ1) is 32.1. The van der Waals surface area contributed by atoms with Gasteiger partial charge in [0.1, 0.15) is 17.4 Å². The number of carbonyl (C=O) groups excluding carboxylic acids is 2. The number of esters is 1. The second-order valence-electron chi connectivity index (χ2n) is 10.6. The summed E-state index contributed by atoms with van der Waals surface area (Å²) in [5.41, 5.74) is 3.26. The van der Waals surface area contributed by atoms with Crippen LogP contribution in [-0.4, -0.2) is 61.6 Å². The molecule has 4 aromatic rings. The molecule has 0 unspecified atom stereocenters. The minimum absolute atomic E-state index is 0.0405. The van der Waals surface area contributed by atoms with Crippen molar-refractivity contribution in [1.82, 2.24) is 14.9 Å². The SMILES string of the molecule is CCOC(=O)C(F)(F)c1cccc([C@@H](C)Nc2nc(C)nc3ccc(N(C)c4ccc(OC)c(CC(=O)N(C)C)c4)cc23)c1. The van der Waals surface area contributed by atoms with Crippen LogP contribution in [0.5, 0.6) is 5.75 Å². The summed E-state index contributed by atoms with van der Waals surface area (Å²) in [7, 11) is 6.92. The van der Waals surface area contributed by atoms with Crippen LogP contribution in [0.25, 0.3) is 10.9 Å². The number of hydrogen-bond donors (Lipinski definition) is 1. The number of ether oxygens (including phenoxy) is 2. The van der Waals surface area contributed by atoms with Gasteiger partial charge in [-0.2, -0.15) is 8.78 Å². The Balaban J connectivity index is 1.66. The van der Waals surface area contributed by atoms with E-state index in [0.29, 0.717) is 28.5 Å². The van der Waals surface area contributed by atoms with Crippen molar-refractivity contribution in [3.8, 4) is 5.75 Å². The third-order valence-corrected chi connectivity index (χ3v) is 7.30. The van der Waals surface area contributed by atoms with Crippen LogP contribution in [0.4, 0.5) is 26.0 Å². The van der Waals surface area contributed by atoms with Crippen LogP contribution in [-0.2, 0) is 26.7 Å². The van der Waals surface area contributed by atoms with Crippen LogP contribution in [0.3, 0.4) is 0 Å². The molecule has 44 heavy (non-hydrogen) atoms. The van der Waals surface area contributed by atoms with Crippen molar-refractivity contribution in [3.63, 3.8) is 0 Å². The van der Waals surface area contributed by atoms with Gasteiger partial charge < -0.3 is 24.6 Å². The molecule has 1 atom stereocenters. The first-order valence-electron chi connectivity index (χ1n) is 14.2. The summed E-state index contributed by atoms with van der Waals surface area (Å²) >= 11 is 0. The van der Waals surface area contributed by atoms with Crippen molar-refractivity contribution in [2.45, 2.75) is 39.2 Å². The monoisotopic (exact) mass is 605 g/mol. The highest BCUT2D eigenvalue weighted by atomic mass is 19.3. The summed E-state index contributed by atoms with van der Waals surface area (Å²) in [6, 6.07) is 16.7. The summed E-state index contributed by atoms with van der Waals surface area (Å²) < 4.78 is 39.6. The Kier molecular flexibility index (Phi) is 9.66. The number of methoxy groups -OCH3 is 1. The molecule has 0 bridgehead atoms. The van der Waals surface area contributed by atoms with Crippen molar-refractivity contribution in [3.05, 3.63) is 83.2 Å². The van der Waals surface area contributed by atoms with Crippen molar-refractivity contribution in [2.24, 2.45) is 0 Å². The fourth-order valence-corrected chi connectivity index (χ4v) is 4.76. The van der Waals surface area contributed by atoms with Crippen LogP contribution < -0.4 is 15.0 Å². The maximum atomic E-state index is 14.7. The number of likely N-dealkylation sites (N-methyl/N-ethyl adjacent to an activating group) is 1. The number of alkyl halides is 2. The van der Waals surface area contributed by atoms with Gasteiger partial charge in [-0.1, -0.05) is 18.2 Å². The quantitative estimate of drug-likeness (QED) is 0.203.